The SMILES string of the molecule is C=CC(CCC(=O)OCC)S(=O)(=O)c1ccc(C)cc1. The molecule has 1 unspecified atom stereocenters. The van der Waals surface area contributed by atoms with Gasteiger partial charge in [-0.15, -0.1) is 6.58 Å². The molecule has 0 spiro atoms. The van der Waals surface area contributed by atoms with Crippen LogP contribution in [0.25, 0.3) is 0 Å². The Morgan fingerprint density at radius 1 is 1.35 bits per heavy atom. The molecular formula is C15H20O4S. The van der Waals surface area contributed by atoms with Gasteiger partial charge in [-0.1, -0.05) is 23.8 Å². The van der Waals surface area contributed by atoms with E-state index in [-0.39, 0.29) is 17.7 Å². The quantitative estimate of drug-likeness (QED) is 0.573. The minimum atomic E-state index is -3.50. The summed E-state index contributed by atoms with van der Waals surface area (Å²) in [5.74, 6) is -0.390. The molecule has 20 heavy (non-hydrogen) atoms. The van der Waals surface area contributed by atoms with Gasteiger partial charge in [-0.3, -0.25) is 4.79 Å². The summed E-state index contributed by atoms with van der Waals surface area (Å²) in [5.41, 5.74) is 0.991. The van der Waals surface area contributed by atoms with E-state index in [1.54, 1.807) is 31.2 Å². The van der Waals surface area contributed by atoms with Gasteiger partial charge in [-0.25, -0.2) is 8.42 Å². The summed E-state index contributed by atoms with van der Waals surface area (Å²) >= 11 is 0. The molecule has 0 aliphatic heterocycles. The molecule has 0 aromatic heterocycles. The summed E-state index contributed by atoms with van der Waals surface area (Å²) in [6.07, 6.45) is 1.61. The Balaban J connectivity index is 2.85. The van der Waals surface area contributed by atoms with Crippen molar-refractivity contribution >= 4 is 15.8 Å². The standard InChI is InChI=1S/C15H20O4S/c1-4-13(10-11-15(16)19-5-2)20(17,18)14-8-6-12(3)7-9-14/h4,6-9,13H,1,5,10-11H2,2-3H3. The minimum Gasteiger partial charge on any atom is -0.466 e. The average Bonchev–Trinajstić information content (AvgIpc) is 2.40. The highest BCUT2D eigenvalue weighted by Crippen LogP contribution is 2.21. The van der Waals surface area contributed by atoms with Crippen LogP contribution in [0.15, 0.2) is 41.8 Å². The van der Waals surface area contributed by atoms with Crippen LogP contribution in [0.1, 0.15) is 25.3 Å². The van der Waals surface area contributed by atoms with E-state index in [1.807, 2.05) is 6.92 Å². The van der Waals surface area contributed by atoms with Gasteiger partial charge in [0.25, 0.3) is 0 Å². The number of carbonyl (C=O) groups is 1. The maximum atomic E-state index is 12.4. The Morgan fingerprint density at radius 2 is 1.95 bits per heavy atom. The lowest BCUT2D eigenvalue weighted by Crippen LogP contribution is -2.21. The van der Waals surface area contributed by atoms with Gasteiger partial charge in [-0.05, 0) is 32.4 Å². The van der Waals surface area contributed by atoms with Crippen molar-refractivity contribution in [3.63, 3.8) is 0 Å². The van der Waals surface area contributed by atoms with Crippen LogP contribution < -0.4 is 0 Å². The lowest BCUT2D eigenvalue weighted by atomic mass is 10.2. The monoisotopic (exact) mass is 296 g/mol. The molecule has 1 aromatic rings. The maximum absolute atomic E-state index is 12.4. The number of hydrogen-bond donors (Lipinski definition) is 0. The molecule has 5 heteroatoms. The van der Waals surface area contributed by atoms with E-state index < -0.39 is 21.1 Å². The zero-order valence-corrected chi connectivity index (χ0v) is 12.7. The van der Waals surface area contributed by atoms with Crippen molar-refractivity contribution in [1.82, 2.24) is 0 Å². The predicted octanol–water partition coefficient (Wildman–Crippen LogP) is 2.67. The zero-order valence-electron chi connectivity index (χ0n) is 11.8. The Morgan fingerprint density at radius 3 is 2.45 bits per heavy atom. The van der Waals surface area contributed by atoms with Crippen molar-refractivity contribution < 1.29 is 17.9 Å². The first-order valence-electron chi connectivity index (χ1n) is 6.50. The molecule has 0 amide bonds. The molecule has 4 nitrogen and oxygen atoms in total. The van der Waals surface area contributed by atoms with Crippen LogP contribution in [0, 0.1) is 6.92 Å². The Kier molecular flexibility index (Phi) is 5.95. The minimum absolute atomic E-state index is 0.0651. The van der Waals surface area contributed by atoms with Gasteiger partial charge < -0.3 is 4.74 Å². The van der Waals surface area contributed by atoms with Crippen molar-refractivity contribution in [2.24, 2.45) is 0 Å². The van der Waals surface area contributed by atoms with Gasteiger partial charge in [0.05, 0.1) is 16.8 Å². The third-order valence-electron chi connectivity index (χ3n) is 2.95. The van der Waals surface area contributed by atoms with Gasteiger partial charge in [0.1, 0.15) is 0 Å². The van der Waals surface area contributed by atoms with Crippen LogP contribution in [0.4, 0.5) is 0 Å². The predicted molar refractivity (Wildman–Crippen MR) is 78.2 cm³/mol. The fourth-order valence-electron chi connectivity index (χ4n) is 1.80. The molecule has 0 heterocycles. The molecule has 0 saturated heterocycles. The maximum Gasteiger partial charge on any atom is 0.305 e. The van der Waals surface area contributed by atoms with Crippen LogP contribution in [0.5, 0.6) is 0 Å². The summed E-state index contributed by atoms with van der Waals surface area (Å²) in [5, 5.41) is -0.783. The van der Waals surface area contributed by atoms with Crippen molar-refractivity contribution in [1.29, 1.82) is 0 Å². The van der Waals surface area contributed by atoms with E-state index >= 15 is 0 Å². The Hall–Kier alpha value is -1.62. The second-order valence-electron chi connectivity index (χ2n) is 4.48. The number of hydrogen-bond acceptors (Lipinski definition) is 4. The van der Waals surface area contributed by atoms with E-state index in [4.69, 9.17) is 4.74 Å². The van der Waals surface area contributed by atoms with Crippen molar-refractivity contribution in [3.05, 3.63) is 42.5 Å². The molecule has 0 radical (unpaired) electrons. The number of ether oxygens (including phenoxy) is 1. The van der Waals surface area contributed by atoms with Gasteiger partial charge in [-0.2, -0.15) is 0 Å². The number of rotatable bonds is 7. The van der Waals surface area contributed by atoms with E-state index in [0.717, 1.165) is 5.56 Å². The molecular weight excluding hydrogens is 276 g/mol. The highest BCUT2D eigenvalue weighted by molar-refractivity contribution is 7.92. The molecule has 0 aliphatic carbocycles. The van der Waals surface area contributed by atoms with Gasteiger partial charge in [0, 0.05) is 6.42 Å². The zero-order chi connectivity index (χ0) is 15.2. The molecule has 0 bridgehead atoms. The van der Waals surface area contributed by atoms with Crippen molar-refractivity contribution in [2.75, 3.05) is 6.61 Å². The number of carbonyl (C=O) groups excluding carboxylic acids is 1. The van der Waals surface area contributed by atoms with E-state index in [1.165, 1.54) is 6.08 Å². The smallest absolute Gasteiger partial charge is 0.305 e. The van der Waals surface area contributed by atoms with Crippen LogP contribution in [-0.4, -0.2) is 26.2 Å². The summed E-state index contributed by atoms with van der Waals surface area (Å²) in [6.45, 7) is 7.46. The van der Waals surface area contributed by atoms with Crippen LogP contribution in [-0.2, 0) is 19.4 Å². The van der Waals surface area contributed by atoms with Gasteiger partial charge in [0.2, 0.25) is 0 Å². The molecule has 0 fully saturated rings. The molecule has 0 saturated carbocycles. The largest absolute Gasteiger partial charge is 0.466 e. The van der Waals surface area contributed by atoms with Crippen molar-refractivity contribution in [2.45, 2.75) is 36.8 Å². The molecule has 0 N–H and O–H groups in total. The third kappa shape index (κ3) is 4.20. The van der Waals surface area contributed by atoms with E-state index in [9.17, 15) is 13.2 Å². The van der Waals surface area contributed by atoms with Gasteiger partial charge in [0.15, 0.2) is 9.84 Å². The lowest BCUT2D eigenvalue weighted by Gasteiger charge is -2.13. The Labute approximate surface area is 120 Å². The highest BCUT2D eigenvalue weighted by Gasteiger charge is 2.25. The first kappa shape index (κ1) is 16.4. The van der Waals surface area contributed by atoms with Crippen LogP contribution in [0.3, 0.4) is 0 Å². The molecule has 1 aromatic carbocycles. The summed E-state index contributed by atoms with van der Waals surface area (Å²) in [7, 11) is -3.50. The highest BCUT2D eigenvalue weighted by atomic mass is 32.2. The van der Waals surface area contributed by atoms with Gasteiger partial charge >= 0.3 is 5.97 Å². The molecule has 1 atom stereocenters. The first-order chi connectivity index (χ1) is 9.41. The second kappa shape index (κ2) is 7.24. The lowest BCUT2D eigenvalue weighted by molar-refractivity contribution is -0.143. The number of sulfone groups is 1. The van der Waals surface area contributed by atoms with Crippen molar-refractivity contribution in [3.8, 4) is 0 Å². The normalized spacial score (nSPS) is 12.7. The fourth-order valence-corrected chi connectivity index (χ4v) is 3.34. The first-order valence-corrected chi connectivity index (χ1v) is 8.05. The summed E-state index contributed by atoms with van der Waals surface area (Å²) in [6, 6.07) is 6.65. The summed E-state index contributed by atoms with van der Waals surface area (Å²) < 4.78 is 29.6. The third-order valence-corrected chi connectivity index (χ3v) is 5.10. The topological polar surface area (TPSA) is 60.4 Å². The van der Waals surface area contributed by atoms with E-state index in [0.29, 0.717) is 6.61 Å². The number of esters is 1. The molecule has 0 aliphatic rings. The van der Waals surface area contributed by atoms with E-state index in [2.05, 4.69) is 6.58 Å². The second-order valence-corrected chi connectivity index (χ2v) is 6.64. The number of benzene rings is 1. The number of aryl methyl sites for hydroxylation is 1. The molecule has 1 rings (SSSR count). The summed E-state index contributed by atoms with van der Waals surface area (Å²) in [4.78, 5) is 11.6. The van der Waals surface area contributed by atoms with Crippen LogP contribution in [0.2, 0.25) is 0 Å². The average molecular weight is 296 g/mol. The fraction of sp³-hybridized carbons (Fsp3) is 0.400. The van der Waals surface area contributed by atoms with Crippen LogP contribution >= 0.6 is 0 Å². The molecule has 110 valence electrons. The Bertz CT molecular complexity index is 558.